The van der Waals surface area contributed by atoms with Gasteiger partial charge in [0, 0.05) is 38.3 Å². The van der Waals surface area contributed by atoms with Crippen molar-refractivity contribution in [2.45, 2.75) is 38.8 Å². The quantitative estimate of drug-likeness (QED) is 0.899. The van der Waals surface area contributed by atoms with Crippen LogP contribution in [-0.2, 0) is 0 Å². The van der Waals surface area contributed by atoms with E-state index in [1.165, 1.54) is 24.2 Å². The monoisotopic (exact) mass is 289 g/mol. The minimum Gasteiger partial charge on any atom is -0.309 e. The molecule has 1 aliphatic heterocycles. The Bertz CT molecular complexity index is 427. The van der Waals surface area contributed by atoms with E-state index < -0.39 is 0 Å². The number of nitrogens with zero attached hydrogens (tertiary/aromatic N) is 2. The molecule has 1 aliphatic rings. The smallest absolute Gasteiger partial charge is 0.0345 e. The lowest BCUT2D eigenvalue weighted by atomic mass is 9.99. The van der Waals surface area contributed by atoms with E-state index in [0.29, 0.717) is 18.0 Å². The summed E-state index contributed by atoms with van der Waals surface area (Å²) < 4.78 is 0. The van der Waals surface area contributed by atoms with Crippen LogP contribution in [0.5, 0.6) is 0 Å². The molecule has 2 atom stereocenters. The van der Waals surface area contributed by atoms with Crippen LogP contribution in [0.1, 0.15) is 43.9 Å². The summed E-state index contributed by atoms with van der Waals surface area (Å²) in [6.45, 7) is 11.3. The molecule has 1 heterocycles. The van der Waals surface area contributed by atoms with Crippen molar-refractivity contribution in [2.24, 2.45) is 0 Å². The van der Waals surface area contributed by atoms with E-state index in [-0.39, 0.29) is 0 Å². The van der Waals surface area contributed by atoms with Gasteiger partial charge in [0.15, 0.2) is 0 Å². The zero-order valence-electron chi connectivity index (χ0n) is 14.3. The van der Waals surface area contributed by atoms with E-state index in [0.717, 1.165) is 13.1 Å². The van der Waals surface area contributed by atoms with Crippen LogP contribution in [0.15, 0.2) is 24.3 Å². The van der Waals surface area contributed by atoms with Crippen LogP contribution in [0.2, 0.25) is 0 Å². The minimum absolute atomic E-state index is 0.409. The fourth-order valence-electron chi connectivity index (χ4n) is 2.92. The number of nitrogens with one attached hydrogen (secondary N) is 1. The second-order valence-corrected chi connectivity index (χ2v) is 6.85. The van der Waals surface area contributed by atoms with E-state index in [1.807, 2.05) is 0 Å². The summed E-state index contributed by atoms with van der Waals surface area (Å²) in [4.78, 5) is 4.90. The third kappa shape index (κ3) is 4.53. The van der Waals surface area contributed by atoms with Gasteiger partial charge in [-0.2, -0.15) is 0 Å². The normalized spacial score (nSPS) is 22.7. The molecule has 0 aliphatic carbocycles. The van der Waals surface area contributed by atoms with E-state index in [4.69, 9.17) is 0 Å². The maximum atomic E-state index is 3.70. The number of benzene rings is 1. The molecular formula is C18H31N3. The number of piperazine rings is 1. The minimum atomic E-state index is 0.409. The molecule has 21 heavy (non-hydrogen) atoms. The van der Waals surface area contributed by atoms with Crippen LogP contribution in [0, 0.1) is 0 Å². The highest BCUT2D eigenvalue weighted by molar-refractivity contribution is 5.26. The maximum absolute atomic E-state index is 3.70. The molecule has 0 spiro atoms. The Morgan fingerprint density at radius 2 is 1.67 bits per heavy atom. The summed E-state index contributed by atoms with van der Waals surface area (Å²) in [6, 6.07) is 10.1. The fraction of sp³-hybridized carbons (Fsp3) is 0.667. The summed E-state index contributed by atoms with van der Waals surface area (Å²) in [7, 11) is 4.45. The second-order valence-electron chi connectivity index (χ2n) is 6.85. The summed E-state index contributed by atoms with van der Waals surface area (Å²) >= 11 is 0. The third-order valence-electron chi connectivity index (χ3n) is 4.74. The first kappa shape index (κ1) is 16.5. The zero-order chi connectivity index (χ0) is 15.4. The topological polar surface area (TPSA) is 18.5 Å². The number of rotatable bonds is 5. The van der Waals surface area contributed by atoms with Crippen molar-refractivity contribution in [1.29, 1.82) is 0 Å². The van der Waals surface area contributed by atoms with E-state index in [1.54, 1.807) is 0 Å². The van der Waals surface area contributed by atoms with Gasteiger partial charge in [-0.1, -0.05) is 38.1 Å². The summed E-state index contributed by atoms with van der Waals surface area (Å²) in [5, 5.41) is 3.70. The third-order valence-corrected chi connectivity index (χ3v) is 4.74. The van der Waals surface area contributed by atoms with Crippen molar-refractivity contribution in [2.75, 3.05) is 40.3 Å². The Morgan fingerprint density at radius 1 is 1.05 bits per heavy atom. The highest BCUT2D eigenvalue weighted by Gasteiger charge is 2.22. The van der Waals surface area contributed by atoms with Gasteiger partial charge in [-0.15, -0.1) is 0 Å². The van der Waals surface area contributed by atoms with Gasteiger partial charge in [0.25, 0.3) is 0 Å². The molecule has 0 bridgehead atoms. The van der Waals surface area contributed by atoms with Crippen molar-refractivity contribution < 1.29 is 0 Å². The summed E-state index contributed by atoms with van der Waals surface area (Å²) in [6.07, 6.45) is 0. The Kier molecular flexibility index (Phi) is 5.80. The molecule has 0 aromatic heterocycles. The van der Waals surface area contributed by atoms with Crippen LogP contribution in [0.3, 0.4) is 0 Å². The van der Waals surface area contributed by atoms with Gasteiger partial charge in [0.05, 0.1) is 0 Å². The Labute approximate surface area is 130 Å². The first-order valence-electron chi connectivity index (χ1n) is 8.19. The second kappa shape index (κ2) is 7.39. The van der Waals surface area contributed by atoms with E-state index >= 15 is 0 Å². The summed E-state index contributed by atoms with van der Waals surface area (Å²) in [5.41, 5.74) is 2.80. The van der Waals surface area contributed by atoms with Crippen molar-refractivity contribution in [3.8, 4) is 0 Å². The average Bonchev–Trinajstić information content (AvgIpc) is 2.48. The molecule has 1 aromatic rings. The van der Waals surface area contributed by atoms with Gasteiger partial charge >= 0.3 is 0 Å². The van der Waals surface area contributed by atoms with Gasteiger partial charge in [-0.25, -0.2) is 0 Å². The lowest BCUT2D eigenvalue weighted by Gasteiger charge is -2.38. The molecule has 3 heteroatoms. The molecule has 2 unspecified atom stereocenters. The van der Waals surface area contributed by atoms with Crippen LogP contribution >= 0.6 is 0 Å². The Morgan fingerprint density at radius 3 is 2.29 bits per heavy atom. The summed E-state index contributed by atoms with van der Waals surface area (Å²) in [5.74, 6) is 0.605. The highest BCUT2D eigenvalue weighted by atomic mass is 15.3. The standard InChI is InChI=1S/C18H31N3/c1-14(2)16-6-8-17(9-7-16)15(3)19-12-18-13-20(4)10-11-21(18)5/h6-9,14-15,18-19H,10-13H2,1-5H3. The number of likely N-dealkylation sites (N-methyl/N-ethyl adjacent to an activating group) is 2. The molecular weight excluding hydrogens is 258 g/mol. The molecule has 1 fully saturated rings. The van der Waals surface area contributed by atoms with Crippen LogP contribution in [-0.4, -0.2) is 56.1 Å². The predicted octanol–water partition coefficient (Wildman–Crippen LogP) is 2.71. The molecule has 3 nitrogen and oxygen atoms in total. The molecule has 1 N–H and O–H groups in total. The number of hydrogen-bond acceptors (Lipinski definition) is 3. The largest absolute Gasteiger partial charge is 0.309 e. The molecule has 2 rings (SSSR count). The van der Waals surface area contributed by atoms with Crippen molar-refractivity contribution in [3.63, 3.8) is 0 Å². The van der Waals surface area contributed by atoms with Gasteiger partial charge in [0.2, 0.25) is 0 Å². The van der Waals surface area contributed by atoms with Crippen molar-refractivity contribution >= 4 is 0 Å². The zero-order valence-corrected chi connectivity index (χ0v) is 14.3. The lowest BCUT2D eigenvalue weighted by molar-refractivity contribution is 0.112. The van der Waals surface area contributed by atoms with Gasteiger partial charge < -0.3 is 10.2 Å². The highest BCUT2D eigenvalue weighted by Crippen LogP contribution is 2.18. The first-order valence-corrected chi connectivity index (χ1v) is 8.19. The molecule has 118 valence electrons. The SMILES string of the molecule is CC(C)c1ccc(C(C)NCC2CN(C)CCN2C)cc1. The Hall–Kier alpha value is -0.900. The Balaban J connectivity index is 1.87. The maximum Gasteiger partial charge on any atom is 0.0345 e. The molecule has 0 saturated carbocycles. The van der Waals surface area contributed by atoms with Crippen molar-refractivity contribution in [3.05, 3.63) is 35.4 Å². The molecule has 1 saturated heterocycles. The van der Waals surface area contributed by atoms with E-state index in [9.17, 15) is 0 Å². The predicted molar refractivity (Wildman–Crippen MR) is 90.9 cm³/mol. The van der Waals surface area contributed by atoms with Crippen LogP contribution in [0.25, 0.3) is 0 Å². The fourth-order valence-corrected chi connectivity index (χ4v) is 2.92. The van der Waals surface area contributed by atoms with Crippen LogP contribution < -0.4 is 5.32 Å². The van der Waals surface area contributed by atoms with Crippen molar-refractivity contribution in [1.82, 2.24) is 15.1 Å². The van der Waals surface area contributed by atoms with Gasteiger partial charge in [0.1, 0.15) is 0 Å². The van der Waals surface area contributed by atoms with Crippen LogP contribution in [0.4, 0.5) is 0 Å². The van der Waals surface area contributed by atoms with Gasteiger partial charge in [-0.05, 0) is 38.1 Å². The first-order chi connectivity index (χ1) is 9.97. The molecule has 1 aromatic carbocycles. The molecule has 0 radical (unpaired) electrons. The number of hydrogen-bond donors (Lipinski definition) is 1. The van der Waals surface area contributed by atoms with Gasteiger partial charge in [-0.3, -0.25) is 4.90 Å². The lowest BCUT2D eigenvalue weighted by Crippen LogP contribution is -2.53. The van der Waals surface area contributed by atoms with E-state index in [2.05, 4.69) is 74.2 Å². The molecule has 0 amide bonds. The average molecular weight is 289 g/mol.